The minimum Gasteiger partial charge on any atom is -0.354 e. The number of anilines is 3. The van der Waals surface area contributed by atoms with E-state index in [-0.39, 0.29) is 0 Å². The van der Waals surface area contributed by atoms with Crippen molar-refractivity contribution in [2.24, 2.45) is 0 Å². The van der Waals surface area contributed by atoms with Gasteiger partial charge in [-0.15, -0.1) is 0 Å². The topological polar surface area (TPSA) is 49.8 Å². The summed E-state index contributed by atoms with van der Waals surface area (Å²) in [6.45, 7) is 4.80. The maximum atomic E-state index is 6.07. The molecule has 18 heavy (non-hydrogen) atoms. The molecule has 0 bridgehead atoms. The van der Waals surface area contributed by atoms with Crippen LogP contribution in [-0.2, 0) is 0 Å². The highest BCUT2D eigenvalue weighted by Crippen LogP contribution is 2.23. The number of hydrogen-bond acceptors (Lipinski definition) is 4. The Morgan fingerprint density at radius 2 is 2.17 bits per heavy atom. The van der Waals surface area contributed by atoms with Gasteiger partial charge in [-0.3, -0.25) is 0 Å². The molecule has 94 valence electrons. The molecule has 2 N–H and O–H groups in total. The fourth-order valence-corrected chi connectivity index (χ4v) is 1.70. The van der Waals surface area contributed by atoms with Gasteiger partial charge in [0, 0.05) is 12.2 Å². The molecule has 0 spiro atoms. The highest BCUT2D eigenvalue weighted by Gasteiger charge is 2.05. The van der Waals surface area contributed by atoms with E-state index in [2.05, 4.69) is 20.6 Å². The molecule has 1 heterocycles. The second-order valence-electron chi connectivity index (χ2n) is 3.91. The molecular formula is C13H15ClN4. The van der Waals surface area contributed by atoms with Gasteiger partial charge in [-0.1, -0.05) is 23.7 Å². The summed E-state index contributed by atoms with van der Waals surface area (Å²) in [4.78, 5) is 8.42. The summed E-state index contributed by atoms with van der Waals surface area (Å²) in [5.74, 6) is 1.17. The van der Waals surface area contributed by atoms with Crippen LogP contribution in [0.15, 0.2) is 30.5 Å². The molecule has 1 aromatic heterocycles. The first-order valence-electron chi connectivity index (χ1n) is 5.79. The van der Waals surface area contributed by atoms with Crippen LogP contribution in [-0.4, -0.2) is 16.5 Å². The molecule has 0 aliphatic carbocycles. The first kappa shape index (κ1) is 12.6. The molecule has 0 unspecified atom stereocenters. The lowest BCUT2D eigenvalue weighted by molar-refractivity contribution is 1.09. The van der Waals surface area contributed by atoms with Crippen LogP contribution in [0.25, 0.3) is 0 Å². The lowest BCUT2D eigenvalue weighted by Crippen LogP contribution is -2.04. The van der Waals surface area contributed by atoms with Crippen LogP contribution in [0.4, 0.5) is 17.5 Å². The summed E-state index contributed by atoms with van der Waals surface area (Å²) < 4.78 is 0. The second kappa shape index (κ2) is 5.69. The van der Waals surface area contributed by atoms with E-state index in [9.17, 15) is 0 Å². The van der Waals surface area contributed by atoms with E-state index < -0.39 is 0 Å². The van der Waals surface area contributed by atoms with E-state index in [0.717, 1.165) is 12.2 Å². The van der Waals surface area contributed by atoms with Crippen molar-refractivity contribution in [1.82, 2.24) is 9.97 Å². The highest BCUT2D eigenvalue weighted by atomic mass is 35.5. The van der Waals surface area contributed by atoms with E-state index in [1.54, 1.807) is 6.20 Å². The third kappa shape index (κ3) is 3.11. The predicted octanol–water partition coefficient (Wildman–Crippen LogP) is 3.61. The fraction of sp³-hybridized carbons (Fsp3) is 0.231. The van der Waals surface area contributed by atoms with Crippen molar-refractivity contribution in [2.45, 2.75) is 13.8 Å². The average molecular weight is 263 g/mol. The van der Waals surface area contributed by atoms with Crippen molar-refractivity contribution < 1.29 is 0 Å². The Balaban J connectivity index is 2.25. The smallest absolute Gasteiger partial charge is 0.224 e. The summed E-state index contributed by atoms with van der Waals surface area (Å²) in [7, 11) is 0. The molecule has 0 saturated carbocycles. The molecule has 2 aromatic rings. The van der Waals surface area contributed by atoms with Crippen molar-refractivity contribution in [2.75, 3.05) is 17.2 Å². The van der Waals surface area contributed by atoms with Gasteiger partial charge in [0.2, 0.25) is 5.95 Å². The predicted molar refractivity (Wildman–Crippen MR) is 75.7 cm³/mol. The summed E-state index contributed by atoms with van der Waals surface area (Å²) >= 11 is 6.07. The number of nitrogens with zero attached hydrogens (tertiary/aromatic N) is 2. The minimum atomic E-state index is 0.498. The molecule has 0 saturated heterocycles. The van der Waals surface area contributed by atoms with Crippen LogP contribution in [0.3, 0.4) is 0 Å². The van der Waals surface area contributed by atoms with Gasteiger partial charge in [0.1, 0.15) is 5.02 Å². The summed E-state index contributed by atoms with van der Waals surface area (Å²) in [5.41, 5.74) is 2.13. The fourth-order valence-electron chi connectivity index (χ4n) is 1.56. The Hall–Kier alpha value is -1.81. The zero-order valence-corrected chi connectivity index (χ0v) is 11.1. The van der Waals surface area contributed by atoms with Gasteiger partial charge in [-0.2, -0.15) is 4.98 Å². The van der Waals surface area contributed by atoms with Gasteiger partial charge in [-0.25, -0.2) is 4.98 Å². The molecule has 4 nitrogen and oxygen atoms in total. The number of hydrogen-bond donors (Lipinski definition) is 2. The van der Waals surface area contributed by atoms with E-state index in [1.807, 2.05) is 38.1 Å². The largest absolute Gasteiger partial charge is 0.354 e. The van der Waals surface area contributed by atoms with Gasteiger partial charge in [0.05, 0.1) is 6.20 Å². The Bertz CT molecular complexity index is 542. The summed E-state index contributed by atoms with van der Waals surface area (Å²) in [5, 5.41) is 6.74. The van der Waals surface area contributed by atoms with Crippen molar-refractivity contribution in [3.8, 4) is 0 Å². The Labute approximate surface area is 111 Å². The molecule has 0 fully saturated rings. The van der Waals surface area contributed by atoms with E-state index in [4.69, 9.17) is 11.6 Å². The van der Waals surface area contributed by atoms with Crippen molar-refractivity contribution >= 4 is 29.1 Å². The second-order valence-corrected chi connectivity index (χ2v) is 4.32. The van der Waals surface area contributed by atoms with Crippen molar-refractivity contribution in [1.29, 1.82) is 0 Å². The summed E-state index contributed by atoms with van der Waals surface area (Å²) in [6, 6.07) is 8.03. The van der Waals surface area contributed by atoms with Crippen LogP contribution in [0.5, 0.6) is 0 Å². The van der Waals surface area contributed by atoms with Crippen LogP contribution < -0.4 is 10.6 Å². The van der Waals surface area contributed by atoms with Gasteiger partial charge < -0.3 is 10.6 Å². The van der Waals surface area contributed by atoms with Crippen molar-refractivity contribution in [3.05, 3.63) is 41.0 Å². The molecular weight excluding hydrogens is 248 g/mol. The van der Waals surface area contributed by atoms with Crippen LogP contribution >= 0.6 is 11.6 Å². The lowest BCUT2D eigenvalue weighted by atomic mass is 10.2. The third-order valence-electron chi connectivity index (χ3n) is 2.36. The lowest BCUT2D eigenvalue weighted by Gasteiger charge is -2.09. The Morgan fingerprint density at radius 3 is 2.89 bits per heavy atom. The monoisotopic (exact) mass is 262 g/mol. The SMILES string of the molecule is CCNc1ncc(Cl)c(Nc2cccc(C)c2)n1. The Morgan fingerprint density at radius 1 is 1.33 bits per heavy atom. The highest BCUT2D eigenvalue weighted by molar-refractivity contribution is 6.32. The maximum Gasteiger partial charge on any atom is 0.224 e. The maximum absolute atomic E-state index is 6.07. The first-order valence-corrected chi connectivity index (χ1v) is 6.17. The standard InChI is InChI=1S/C13H15ClN4/c1-3-15-13-16-8-11(14)12(18-13)17-10-6-4-5-9(2)7-10/h4-8H,3H2,1-2H3,(H2,15,16,17,18). The van der Waals surface area contributed by atoms with E-state index >= 15 is 0 Å². The van der Waals surface area contributed by atoms with Gasteiger partial charge in [0.15, 0.2) is 5.82 Å². The van der Waals surface area contributed by atoms with Crippen LogP contribution in [0.2, 0.25) is 5.02 Å². The van der Waals surface area contributed by atoms with Crippen LogP contribution in [0.1, 0.15) is 12.5 Å². The molecule has 0 atom stereocenters. The van der Waals surface area contributed by atoms with Gasteiger partial charge in [0.25, 0.3) is 0 Å². The first-order chi connectivity index (χ1) is 8.69. The molecule has 0 aliphatic heterocycles. The molecule has 0 amide bonds. The quantitative estimate of drug-likeness (QED) is 0.884. The van der Waals surface area contributed by atoms with E-state index in [0.29, 0.717) is 16.8 Å². The number of halogens is 1. The zero-order valence-electron chi connectivity index (χ0n) is 10.4. The molecule has 2 rings (SSSR count). The number of rotatable bonds is 4. The number of nitrogens with one attached hydrogen (secondary N) is 2. The number of aromatic nitrogens is 2. The molecule has 1 aromatic carbocycles. The van der Waals surface area contributed by atoms with Gasteiger partial charge in [-0.05, 0) is 31.5 Å². The zero-order chi connectivity index (χ0) is 13.0. The molecule has 0 radical (unpaired) electrons. The minimum absolute atomic E-state index is 0.498. The Kier molecular flexibility index (Phi) is 3.99. The van der Waals surface area contributed by atoms with Crippen LogP contribution in [0, 0.1) is 6.92 Å². The number of benzene rings is 1. The van der Waals surface area contributed by atoms with Gasteiger partial charge >= 0.3 is 0 Å². The van der Waals surface area contributed by atoms with E-state index in [1.165, 1.54) is 5.56 Å². The van der Waals surface area contributed by atoms with Crippen molar-refractivity contribution in [3.63, 3.8) is 0 Å². The molecule has 5 heteroatoms. The average Bonchev–Trinajstić information content (AvgIpc) is 2.34. The summed E-state index contributed by atoms with van der Waals surface area (Å²) in [6.07, 6.45) is 1.59. The number of aryl methyl sites for hydroxylation is 1. The normalized spacial score (nSPS) is 10.2. The third-order valence-corrected chi connectivity index (χ3v) is 2.64. The molecule has 0 aliphatic rings.